The Kier molecular flexibility index (Phi) is 2.86. The monoisotopic (exact) mass is 61.1 g/mol. The Morgan fingerprint density at radius 1 is 1.00 bits per heavy atom. The van der Waals surface area contributed by atoms with Gasteiger partial charge in [-0.2, -0.15) is 0 Å². The molecule has 0 bridgehead atoms. The Balaban J connectivity index is 1.97. The number of rotatable bonds is 1. The molecule has 0 aliphatic rings. The molecule has 0 unspecified atom stereocenters. The summed E-state index contributed by atoms with van der Waals surface area (Å²) in [5.74, 6) is 0. The quantitative estimate of drug-likeness (QED) is 0.378. The standard InChI is InChI=1S/C2H8N2/c3-1-2-4/h1-4H2/i3+1. The van der Waals surface area contributed by atoms with Crippen molar-refractivity contribution in [2.75, 3.05) is 13.1 Å². The topological polar surface area (TPSA) is 52.0 Å². The molecule has 0 aromatic heterocycles. The van der Waals surface area contributed by atoms with Crippen LogP contribution >= 0.6 is 0 Å². The highest BCUT2D eigenvalue weighted by atomic mass is 15.3. The number of nitrogens with two attached hydrogens (primary N) is 2. The summed E-state index contributed by atoms with van der Waals surface area (Å²) in [5, 5.41) is 0. The third-order valence-electron chi connectivity index (χ3n) is 0.167. The van der Waals surface area contributed by atoms with E-state index in [2.05, 4.69) is 0 Å². The van der Waals surface area contributed by atoms with Crippen LogP contribution < -0.4 is 11.5 Å². The molecule has 2 heteroatoms. The highest BCUT2D eigenvalue weighted by Gasteiger charge is 1.54. The minimum absolute atomic E-state index is 0.597. The fourth-order valence-electron chi connectivity index (χ4n) is 0. The van der Waals surface area contributed by atoms with Gasteiger partial charge in [0, 0.05) is 13.1 Å². The average molecular weight is 61.1 g/mol. The molecule has 0 saturated carbocycles. The summed E-state index contributed by atoms with van der Waals surface area (Å²) in [6.45, 7) is 1.19. The van der Waals surface area contributed by atoms with E-state index in [4.69, 9.17) is 11.5 Å². The summed E-state index contributed by atoms with van der Waals surface area (Å²) in [6, 6.07) is 0. The minimum Gasteiger partial charge on any atom is -0.329 e. The maximum absolute atomic E-state index is 4.90. The Morgan fingerprint density at radius 3 is 1.25 bits per heavy atom. The lowest BCUT2D eigenvalue weighted by Crippen LogP contribution is -2.11. The van der Waals surface area contributed by atoms with Gasteiger partial charge in [-0.15, -0.1) is 0 Å². The van der Waals surface area contributed by atoms with Crippen LogP contribution in [0.5, 0.6) is 0 Å². The van der Waals surface area contributed by atoms with Crippen molar-refractivity contribution in [1.29, 1.82) is 0 Å². The van der Waals surface area contributed by atoms with Crippen molar-refractivity contribution in [2.24, 2.45) is 11.5 Å². The van der Waals surface area contributed by atoms with E-state index in [9.17, 15) is 0 Å². The molecular weight excluding hydrogens is 53.0 g/mol. The van der Waals surface area contributed by atoms with E-state index >= 15 is 0 Å². The van der Waals surface area contributed by atoms with E-state index < -0.39 is 0 Å². The van der Waals surface area contributed by atoms with Crippen LogP contribution in [0.2, 0.25) is 0 Å². The van der Waals surface area contributed by atoms with E-state index in [-0.39, 0.29) is 0 Å². The van der Waals surface area contributed by atoms with Crippen LogP contribution in [0.4, 0.5) is 0 Å². The van der Waals surface area contributed by atoms with Crippen molar-refractivity contribution in [3.8, 4) is 0 Å². The second-order valence-corrected chi connectivity index (χ2v) is 0.577. The maximum Gasteiger partial charge on any atom is 0.00461 e. The molecule has 0 amide bonds. The molecule has 0 fully saturated rings. The van der Waals surface area contributed by atoms with Gasteiger partial charge in [-0.25, -0.2) is 0 Å². The molecular formula is C2H8N2. The molecule has 0 atom stereocenters. The van der Waals surface area contributed by atoms with Crippen molar-refractivity contribution >= 4 is 0 Å². The Bertz CT molecular complexity index is 6.00. The van der Waals surface area contributed by atoms with Crippen LogP contribution in [0, 0.1) is 0 Å². The van der Waals surface area contributed by atoms with Gasteiger partial charge in [0.15, 0.2) is 0 Å². The highest BCUT2D eigenvalue weighted by Crippen LogP contribution is 1.24. The Labute approximate surface area is 25.8 Å². The lowest BCUT2D eigenvalue weighted by Gasteiger charge is -1.72. The van der Waals surface area contributed by atoms with Crippen molar-refractivity contribution in [3.05, 3.63) is 0 Å². The van der Waals surface area contributed by atoms with Crippen molar-refractivity contribution in [2.45, 2.75) is 0 Å². The zero-order chi connectivity index (χ0) is 3.41. The summed E-state index contributed by atoms with van der Waals surface area (Å²) >= 11 is 0. The largest absolute Gasteiger partial charge is 0.329 e. The molecule has 0 aromatic carbocycles. The average Bonchev–Trinajstić information content (AvgIpc) is 1.37. The molecule has 4 N–H and O–H groups in total. The summed E-state index contributed by atoms with van der Waals surface area (Å²) in [5.41, 5.74) is 9.81. The van der Waals surface area contributed by atoms with E-state index in [0.29, 0.717) is 13.1 Å². The predicted molar refractivity (Wildman–Crippen MR) is 18.1 cm³/mol. The third-order valence-corrected chi connectivity index (χ3v) is 0.167. The van der Waals surface area contributed by atoms with E-state index in [0.717, 1.165) is 0 Å². The normalized spacial score (nSPS) is 7.50. The van der Waals surface area contributed by atoms with Gasteiger partial charge >= 0.3 is 0 Å². The first-order valence-corrected chi connectivity index (χ1v) is 1.32. The van der Waals surface area contributed by atoms with Gasteiger partial charge in [0.05, 0.1) is 0 Å². The molecule has 0 spiro atoms. The number of hydrogen-bond donors (Lipinski definition) is 2. The summed E-state index contributed by atoms with van der Waals surface area (Å²) in [4.78, 5) is 0. The molecule has 0 aromatic rings. The van der Waals surface area contributed by atoms with Crippen LogP contribution in [0.15, 0.2) is 0 Å². The predicted octanol–water partition coefficient (Wildman–Crippen LogP) is -1.10. The molecule has 2 nitrogen and oxygen atoms in total. The molecule has 0 rings (SSSR count). The second kappa shape index (κ2) is 2.92. The zero-order valence-corrected chi connectivity index (χ0v) is 2.57. The first kappa shape index (κ1) is 3.92. The Hall–Kier alpha value is -0.0800. The molecule has 0 heterocycles. The SMILES string of the molecule is NCC[15NH2]. The first-order valence-electron chi connectivity index (χ1n) is 1.32. The maximum atomic E-state index is 4.90. The van der Waals surface area contributed by atoms with Crippen molar-refractivity contribution in [3.63, 3.8) is 0 Å². The van der Waals surface area contributed by atoms with E-state index in [1.54, 1.807) is 0 Å². The van der Waals surface area contributed by atoms with Crippen LogP contribution in [0.25, 0.3) is 0 Å². The van der Waals surface area contributed by atoms with Crippen molar-refractivity contribution in [1.82, 2.24) is 0 Å². The van der Waals surface area contributed by atoms with Crippen LogP contribution in [0.1, 0.15) is 0 Å². The highest BCUT2D eigenvalue weighted by molar-refractivity contribution is 4.26. The fourth-order valence-corrected chi connectivity index (χ4v) is 0. The van der Waals surface area contributed by atoms with Gasteiger partial charge in [-0.05, 0) is 0 Å². The lowest BCUT2D eigenvalue weighted by molar-refractivity contribution is 0.976. The molecule has 4 heavy (non-hydrogen) atoms. The third kappa shape index (κ3) is 1.92. The van der Waals surface area contributed by atoms with E-state index in [1.807, 2.05) is 0 Å². The molecule has 0 aliphatic heterocycles. The lowest BCUT2D eigenvalue weighted by atomic mass is 10.7. The Morgan fingerprint density at radius 2 is 1.25 bits per heavy atom. The summed E-state index contributed by atoms with van der Waals surface area (Å²) in [6.07, 6.45) is 0. The minimum atomic E-state index is 0.597. The molecule has 26 valence electrons. The second-order valence-electron chi connectivity index (χ2n) is 0.577. The van der Waals surface area contributed by atoms with Crippen LogP contribution in [-0.4, -0.2) is 13.1 Å². The van der Waals surface area contributed by atoms with Gasteiger partial charge in [0.1, 0.15) is 0 Å². The molecule has 0 radical (unpaired) electrons. The molecule has 0 saturated heterocycles. The van der Waals surface area contributed by atoms with Gasteiger partial charge in [0.2, 0.25) is 0 Å². The fraction of sp³-hybridized carbons (Fsp3) is 1.00. The summed E-state index contributed by atoms with van der Waals surface area (Å²) < 4.78 is 0. The zero-order valence-electron chi connectivity index (χ0n) is 2.57. The molecule has 0 aliphatic carbocycles. The first-order chi connectivity index (χ1) is 1.91. The van der Waals surface area contributed by atoms with E-state index in [1.165, 1.54) is 0 Å². The van der Waals surface area contributed by atoms with Gasteiger partial charge in [0.25, 0.3) is 0 Å². The van der Waals surface area contributed by atoms with Gasteiger partial charge in [-0.1, -0.05) is 0 Å². The smallest absolute Gasteiger partial charge is 0.00461 e. The van der Waals surface area contributed by atoms with Crippen molar-refractivity contribution < 1.29 is 0 Å². The van der Waals surface area contributed by atoms with Gasteiger partial charge in [-0.3, -0.25) is 0 Å². The van der Waals surface area contributed by atoms with Gasteiger partial charge < -0.3 is 11.5 Å². The van der Waals surface area contributed by atoms with Crippen LogP contribution in [-0.2, 0) is 0 Å². The van der Waals surface area contributed by atoms with Crippen LogP contribution in [0.3, 0.4) is 0 Å². The summed E-state index contributed by atoms with van der Waals surface area (Å²) in [7, 11) is 0. The number of hydrogen-bond acceptors (Lipinski definition) is 2.